The van der Waals surface area contributed by atoms with Crippen molar-refractivity contribution in [2.45, 2.75) is 85.0 Å². The van der Waals surface area contributed by atoms with Gasteiger partial charge >= 0.3 is 0 Å². The van der Waals surface area contributed by atoms with Gasteiger partial charge in [0, 0.05) is 17.5 Å². The lowest BCUT2D eigenvalue weighted by molar-refractivity contribution is 0.454. The molecule has 18 heavy (non-hydrogen) atoms. The molecule has 0 unspecified atom stereocenters. The molecular formula is C16H30N2. The molecule has 0 spiro atoms. The number of hydrogen-bond acceptors (Lipinski definition) is 1. The summed E-state index contributed by atoms with van der Waals surface area (Å²) in [7, 11) is 0. The monoisotopic (exact) mass is 250 g/mol. The van der Waals surface area contributed by atoms with Gasteiger partial charge in [0.15, 0.2) is 0 Å². The van der Waals surface area contributed by atoms with E-state index in [9.17, 15) is 0 Å². The Bertz CT molecular complexity index is 361. The zero-order valence-electron chi connectivity index (χ0n) is 13.1. The summed E-state index contributed by atoms with van der Waals surface area (Å²) < 4.78 is 0. The second-order valence-corrected chi connectivity index (χ2v) is 6.34. The summed E-state index contributed by atoms with van der Waals surface area (Å²) in [5, 5.41) is 0. The standard InChI is InChI=1S/C16H30N2/c1-7-9-10-13-17-14(12(3)4)15(18-13)16(5,6)11-8-2/h12H,7-11H2,1-6H3,(H,17,18). The van der Waals surface area contributed by atoms with Gasteiger partial charge in [0.25, 0.3) is 0 Å². The van der Waals surface area contributed by atoms with E-state index < -0.39 is 0 Å². The van der Waals surface area contributed by atoms with Crippen molar-refractivity contribution in [3.05, 3.63) is 17.2 Å². The SMILES string of the molecule is CCCCc1nc(C(C)(C)CCC)c(C(C)C)[nH]1. The highest BCUT2D eigenvalue weighted by molar-refractivity contribution is 5.25. The van der Waals surface area contributed by atoms with E-state index in [0.717, 1.165) is 6.42 Å². The number of hydrogen-bond donors (Lipinski definition) is 1. The summed E-state index contributed by atoms with van der Waals surface area (Å²) in [4.78, 5) is 8.47. The van der Waals surface area contributed by atoms with Gasteiger partial charge in [-0.05, 0) is 18.8 Å². The van der Waals surface area contributed by atoms with Crippen LogP contribution >= 0.6 is 0 Å². The summed E-state index contributed by atoms with van der Waals surface area (Å²) in [6.07, 6.45) is 5.94. The van der Waals surface area contributed by atoms with Gasteiger partial charge < -0.3 is 4.98 Å². The third-order valence-electron chi connectivity index (χ3n) is 3.64. The Labute approximate surface area is 113 Å². The van der Waals surface area contributed by atoms with Gasteiger partial charge in [0.2, 0.25) is 0 Å². The average molecular weight is 250 g/mol. The summed E-state index contributed by atoms with van der Waals surface area (Å²) in [5.41, 5.74) is 2.83. The number of nitrogens with zero attached hydrogens (tertiary/aromatic N) is 1. The molecular weight excluding hydrogens is 220 g/mol. The van der Waals surface area contributed by atoms with Crippen LogP contribution in [0.3, 0.4) is 0 Å². The number of unbranched alkanes of at least 4 members (excludes halogenated alkanes) is 1. The first-order valence-corrected chi connectivity index (χ1v) is 7.51. The number of aromatic amines is 1. The zero-order valence-corrected chi connectivity index (χ0v) is 13.1. The summed E-state index contributed by atoms with van der Waals surface area (Å²) in [5.74, 6) is 1.71. The predicted octanol–water partition coefficient (Wildman–Crippen LogP) is 4.95. The van der Waals surface area contributed by atoms with Gasteiger partial charge in [-0.2, -0.15) is 0 Å². The van der Waals surface area contributed by atoms with Crippen molar-refractivity contribution in [3.63, 3.8) is 0 Å². The van der Waals surface area contributed by atoms with Crippen LogP contribution in [0.1, 0.15) is 90.4 Å². The van der Waals surface area contributed by atoms with Crippen molar-refractivity contribution in [1.29, 1.82) is 0 Å². The number of H-pyrrole nitrogens is 1. The van der Waals surface area contributed by atoms with Gasteiger partial charge in [0.1, 0.15) is 5.82 Å². The second kappa shape index (κ2) is 6.40. The number of aryl methyl sites for hydroxylation is 1. The molecule has 0 radical (unpaired) electrons. The lowest BCUT2D eigenvalue weighted by atomic mass is 9.82. The third-order valence-corrected chi connectivity index (χ3v) is 3.64. The molecule has 0 saturated heterocycles. The van der Waals surface area contributed by atoms with E-state index in [1.165, 1.54) is 42.9 Å². The maximum Gasteiger partial charge on any atom is 0.106 e. The fourth-order valence-corrected chi connectivity index (χ4v) is 2.58. The van der Waals surface area contributed by atoms with E-state index in [2.05, 4.69) is 46.5 Å². The molecule has 1 aromatic rings. The molecule has 0 amide bonds. The molecule has 1 heterocycles. The molecule has 0 aliphatic carbocycles. The van der Waals surface area contributed by atoms with Gasteiger partial charge in [-0.25, -0.2) is 4.98 Å². The quantitative estimate of drug-likeness (QED) is 0.728. The van der Waals surface area contributed by atoms with Crippen molar-refractivity contribution < 1.29 is 0 Å². The van der Waals surface area contributed by atoms with Crippen LogP contribution in [0.5, 0.6) is 0 Å². The van der Waals surface area contributed by atoms with Crippen molar-refractivity contribution in [2.75, 3.05) is 0 Å². The van der Waals surface area contributed by atoms with Crippen LogP contribution in [-0.2, 0) is 11.8 Å². The maximum atomic E-state index is 4.90. The van der Waals surface area contributed by atoms with Gasteiger partial charge in [-0.15, -0.1) is 0 Å². The Morgan fingerprint density at radius 3 is 2.33 bits per heavy atom. The Hall–Kier alpha value is -0.790. The maximum absolute atomic E-state index is 4.90. The lowest BCUT2D eigenvalue weighted by Gasteiger charge is -2.24. The van der Waals surface area contributed by atoms with Gasteiger partial charge in [0.05, 0.1) is 5.69 Å². The topological polar surface area (TPSA) is 28.7 Å². The molecule has 1 rings (SSSR count). The van der Waals surface area contributed by atoms with Crippen LogP contribution in [0.2, 0.25) is 0 Å². The lowest BCUT2D eigenvalue weighted by Crippen LogP contribution is -2.19. The van der Waals surface area contributed by atoms with E-state index in [-0.39, 0.29) is 5.41 Å². The van der Waals surface area contributed by atoms with E-state index in [4.69, 9.17) is 4.98 Å². The van der Waals surface area contributed by atoms with Gasteiger partial charge in [-0.3, -0.25) is 0 Å². The molecule has 104 valence electrons. The van der Waals surface area contributed by atoms with Crippen LogP contribution in [-0.4, -0.2) is 9.97 Å². The number of aromatic nitrogens is 2. The molecule has 0 fully saturated rings. The fourth-order valence-electron chi connectivity index (χ4n) is 2.58. The molecule has 0 aliphatic rings. The second-order valence-electron chi connectivity index (χ2n) is 6.34. The van der Waals surface area contributed by atoms with E-state index in [1.807, 2.05) is 0 Å². The van der Waals surface area contributed by atoms with Crippen LogP contribution in [0.15, 0.2) is 0 Å². The number of imidazole rings is 1. The predicted molar refractivity (Wildman–Crippen MR) is 79.2 cm³/mol. The average Bonchev–Trinajstić information content (AvgIpc) is 2.71. The molecule has 2 heteroatoms. The van der Waals surface area contributed by atoms with E-state index in [0.29, 0.717) is 5.92 Å². The minimum atomic E-state index is 0.190. The summed E-state index contributed by atoms with van der Waals surface area (Å²) >= 11 is 0. The largest absolute Gasteiger partial charge is 0.345 e. The molecule has 1 N–H and O–H groups in total. The molecule has 0 saturated carbocycles. The molecule has 1 aromatic heterocycles. The number of rotatable bonds is 7. The van der Waals surface area contributed by atoms with Crippen molar-refractivity contribution in [1.82, 2.24) is 9.97 Å². The van der Waals surface area contributed by atoms with Crippen LogP contribution in [0.25, 0.3) is 0 Å². The smallest absolute Gasteiger partial charge is 0.106 e. The normalized spacial score (nSPS) is 12.4. The first kappa shape index (κ1) is 15.3. The minimum Gasteiger partial charge on any atom is -0.345 e. The Kier molecular flexibility index (Phi) is 5.43. The fraction of sp³-hybridized carbons (Fsp3) is 0.812. The van der Waals surface area contributed by atoms with Crippen molar-refractivity contribution in [2.24, 2.45) is 0 Å². The van der Waals surface area contributed by atoms with Gasteiger partial charge in [-0.1, -0.05) is 54.4 Å². The molecule has 0 bridgehead atoms. The highest BCUT2D eigenvalue weighted by Gasteiger charge is 2.27. The van der Waals surface area contributed by atoms with Crippen LogP contribution in [0, 0.1) is 0 Å². The Balaban J connectivity index is 3.04. The van der Waals surface area contributed by atoms with E-state index >= 15 is 0 Å². The summed E-state index contributed by atoms with van der Waals surface area (Å²) in [6.45, 7) is 13.6. The van der Waals surface area contributed by atoms with Crippen molar-refractivity contribution >= 4 is 0 Å². The minimum absolute atomic E-state index is 0.190. The van der Waals surface area contributed by atoms with Crippen molar-refractivity contribution in [3.8, 4) is 0 Å². The zero-order chi connectivity index (χ0) is 13.8. The first-order valence-electron chi connectivity index (χ1n) is 7.51. The molecule has 0 atom stereocenters. The third kappa shape index (κ3) is 3.60. The molecule has 0 aromatic carbocycles. The Morgan fingerprint density at radius 2 is 1.83 bits per heavy atom. The number of nitrogens with one attached hydrogen (secondary N) is 1. The highest BCUT2D eigenvalue weighted by atomic mass is 14.9. The van der Waals surface area contributed by atoms with Crippen LogP contribution in [0.4, 0.5) is 0 Å². The van der Waals surface area contributed by atoms with Crippen LogP contribution < -0.4 is 0 Å². The summed E-state index contributed by atoms with van der Waals surface area (Å²) in [6, 6.07) is 0. The molecule has 0 aliphatic heterocycles. The molecule has 2 nitrogen and oxygen atoms in total. The first-order chi connectivity index (χ1) is 8.42. The highest BCUT2D eigenvalue weighted by Crippen LogP contribution is 2.32. The Morgan fingerprint density at radius 1 is 1.17 bits per heavy atom. The van der Waals surface area contributed by atoms with E-state index in [1.54, 1.807) is 0 Å².